The van der Waals surface area contributed by atoms with Crippen molar-refractivity contribution < 1.29 is 19.0 Å². The van der Waals surface area contributed by atoms with Crippen molar-refractivity contribution in [1.82, 2.24) is 29.5 Å². The van der Waals surface area contributed by atoms with Crippen LogP contribution in [0.25, 0.3) is 11.3 Å². The molecule has 48 heavy (non-hydrogen) atoms. The fourth-order valence-corrected chi connectivity index (χ4v) is 7.90. The molecule has 2 atom stereocenters. The van der Waals surface area contributed by atoms with Gasteiger partial charge in [0.2, 0.25) is 0 Å². The predicted molar refractivity (Wildman–Crippen MR) is 177 cm³/mol. The maximum absolute atomic E-state index is 15.6. The molecule has 4 aliphatic heterocycles. The molecule has 0 radical (unpaired) electrons. The third-order valence-electron chi connectivity index (χ3n) is 10.6. The van der Waals surface area contributed by atoms with Crippen molar-refractivity contribution in [1.29, 1.82) is 0 Å². The number of piperazine rings is 2. The highest BCUT2D eigenvalue weighted by atomic mass is 19.1. The average Bonchev–Trinajstić information content (AvgIpc) is 3.38. The Labute approximate surface area is 277 Å². The van der Waals surface area contributed by atoms with E-state index in [0.29, 0.717) is 41.8 Å². The molecule has 1 amide bonds. The van der Waals surface area contributed by atoms with Gasteiger partial charge in [-0.3, -0.25) is 19.4 Å². The molecule has 8 rings (SSSR count). The van der Waals surface area contributed by atoms with Gasteiger partial charge in [-0.1, -0.05) is 12.8 Å². The van der Waals surface area contributed by atoms with E-state index < -0.39 is 12.5 Å². The number of nitrogens with one attached hydrogen (secondary N) is 1. The highest BCUT2D eigenvalue weighted by Crippen LogP contribution is 2.45. The molecule has 0 bridgehead atoms. The number of carbonyl (C=O) groups is 1. The molecular formula is C34H40FN9O4. The lowest BCUT2D eigenvalue weighted by Crippen LogP contribution is -2.56. The number of fused-ring (bicyclic) bond motifs is 3. The summed E-state index contributed by atoms with van der Waals surface area (Å²) in [6.45, 7) is 5.81. The first-order valence-electron chi connectivity index (χ1n) is 16.9. The lowest BCUT2D eigenvalue weighted by Gasteiger charge is -2.43. The molecule has 2 N–H and O–H groups in total. The Balaban J connectivity index is 1.03. The lowest BCUT2D eigenvalue weighted by molar-refractivity contribution is -0.118. The Morgan fingerprint density at radius 3 is 2.56 bits per heavy atom. The van der Waals surface area contributed by atoms with Crippen molar-refractivity contribution >= 4 is 28.9 Å². The topological polar surface area (TPSA) is 132 Å². The van der Waals surface area contributed by atoms with Gasteiger partial charge in [0.25, 0.3) is 11.5 Å². The zero-order valence-electron chi connectivity index (χ0n) is 27.0. The smallest absolute Gasteiger partial charge is 0.290 e. The van der Waals surface area contributed by atoms with Crippen molar-refractivity contribution in [3.8, 4) is 11.3 Å². The van der Waals surface area contributed by atoms with E-state index in [1.807, 2.05) is 23.2 Å². The number of halogens is 1. The number of pyridine rings is 2. The summed E-state index contributed by atoms with van der Waals surface area (Å²) in [6, 6.07) is 7.73. The van der Waals surface area contributed by atoms with Crippen LogP contribution in [-0.4, -0.2) is 105 Å². The number of aliphatic hydroxyl groups excluding tert-OH is 1. The van der Waals surface area contributed by atoms with Crippen LogP contribution in [0.2, 0.25) is 0 Å². The Kier molecular flexibility index (Phi) is 8.09. The highest BCUT2D eigenvalue weighted by Gasteiger charge is 2.48. The Morgan fingerprint density at radius 2 is 1.83 bits per heavy atom. The first-order valence-corrected chi connectivity index (χ1v) is 16.9. The Hall–Kier alpha value is -4.40. The molecule has 3 aromatic heterocycles. The quantitative estimate of drug-likeness (QED) is 0.388. The summed E-state index contributed by atoms with van der Waals surface area (Å²) in [5.41, 5.74) is 2.35. The van der Waals surface area contributed by atoms with Crippen LogP contribution < -0.4 is 20.7 Å². The minimum Gasteiger partial charge on any atom is -0.392 e. The van der Waals surface area contributed by atoms with Gasteiger partial charge in [-0.2, -0.15) is 5.10 Å². The average molecular weight is 658 g/mol. The van der Waals surface area contributed by atoms with E-state index in [1.54, 1.807) is 25.4 Å². The normalized spacial score (nSPS) is 23.3. The molecule has 14 heteroatoms. The number of hydrogen-bond donors (Lipinski definition) is 2. The molecule has 4 fully saturated rings. The zero-order chi connectivity index (χ0) is 32.9. The lowest BCUT2D eigenvalue weighted by atomic mass is 9.85. The molecule has 1 saturated carbocycles. The van der Waals surface area contributed by atoms with Crippen LogP contribution in [0, 0.1) is 5.92 Å². The van der Waals surface area contributed by atoms with E-state index in [9.17, 15) is 14.7 Å². The summed E-state index contributed by atoms with van der Waals surface area (Å²) in [7, 11) is 1.56. The van der Waals surface area contributed by atoms with Gasteiger partial charge in [0, 0.05) is 75.6 Å². The van der Waals surface area contributed by atoms with Gasteiger partial charge in [0.1, 0.15) is 28.8 Å². The number of nitrogens with zero attached hydrogens (tertiary/aromatic N) is 8. The number of rotatable bonds is 7. The van der Waals surface area contributed by atoms with Gasteiger partial charge in [-0.15, -0.1) is 0 Å². The number of anilines is 4. The number of amides is 1. The summed E-state index contributed by atoms with van der Waals surface area (Å²) in [6.07, 6.45) is 6.99. The number of aryl methyl sites for hydroxylation is 1. The predicted octanol–water partition coefficient (Wildman–Crippen LogP) is 2.40. The summed E-state index contributed by atoms with van der Waals surface area (Å²) in [4.78, 5) is 44.2. The standard InChI is InChI=1S/C34H40FN9O4/c1-40-33(46)27(38-29-7-6-21(17-37-29)41-10-12-42(13-11-41)22-19-48-20-22)16-26(39-40)23-8-9-36-32(25(23)18-45)44-15-14-43-28-5-3-2-4-24(28)30(35)31(43)34(44)47/h6-9,16-17,22,24,28,45H,2-5,10-15,18-20H2,1H3,(H,37,38). The van der Waals surface area contributed by atoms with Crippen molar-refractivity contribution in [2.75, 3.05) is 67.6 Å². The summed E-state index contributed by atoms with van der Waals surface area (Å²) in [5, 5.41) is 18.2. The van der Waals surface area contributed by atoms with Crippen LogP contribution in [0.5, 0.6) is 0 Å². The second-order valence-electron chi connectivity index (χ2n) is 13.2. The van der Waals surface area contributed by atoms with Gasteiger partial charge in [-0.05, 0) is 37.1 Å². The number of hydrogen-bond acceptors (Lipinski definition) is 11. The summed E-state index contributed by atoms with van der Waals surface area (Å²) < 4.78 is 22.2. The van der Waals surface area contributed by atoms with Gasteiger partial charge < -0.3 is 25.0 Å². The molecule has 5 aliphatic rings. The monoisotopic (exact) mass is 657 g/mol. The molecule has 13 nitrogen and oxygen atoms in total. The number of aromatic nitrogens is 4. The van der Waals surface area contributed by atoms with Crippen LogP contribution in [-0.2, 0) is 23.2 Å². The van der Waals surface area contributed by atoms with Crippen LogP contribution in [0.1, 0.15) is 31.2 Å². The van der Waals surface area contributed by atoms with Gasteiger partial charge >= 0.3 is 0 Å². The first kappa shape index (κ1) is 30.9. The molecule has 1 aliphatic carbocycles. The number of aliphatic hydroxyl groups is 1. The van der Waals surface area contributed by atoms with Crippen molar-refractivity contribution in [3.05, 3.63) is 64.1 Å². The second-order valence-corrected chi connectivity index (χ2v) is 13.2. The van der Waals surface area contributed by atoms with Crippen LogP contribution >= 0.6 is 0 Å². The summed E-state index contributed by atoms with van der Waals surface area (Å²) in [5.74, 6) is -0.224. The highest BCUT2D eigenvalue weighted by molar-refractivity contribution is 6.07. The van der Waals surface area contributed by atoms with Crippen LogP contribution in [0.15, 0.2) is 53.0 Å². The van der Waals surface area contributed by atoms with Gasteiger partial charge in [-0.25, -0.2) is 19.0 Å². The molecule has 0 spiro atoms. The van der Waals surface area contributed by atoms with Crippen LogP contribution in [0.4, 0.5) is 27.4 Å². The molecular weight excluding hydrogens is 617 g/mol. The number of ether oxygens (including phenoxy) is 1. The van der Waals surface area contributed by atoms with E-state index in [0.717, 1.165) is 70.8 Å². The fraction of sp³-hybridized carbons (Fsp3) is 0.500. The van der Waals surface area contributed by atoms with E-state index in [2.05, 4.69) is 30.2 Å². The SMILES string of the molecule is Cn1nc(-c2ccnc(N3CCN4C(=C(F)C5CCCCC54)C3=O)c2CO)cc(Nc2ccc(N3CCN(C4COC4)CC3)cn2)c1=O. The second kappa shape index (κ2) is 12.6. The van der Waals surface area contributed by atoms with Gasteiger partial charge in [0.15, 0.2) is 0 Å². The molecule has 3 aromatic rings. The Morgan fingerprint density at radius 1 is 1.02 bits per heavy atom. The maximum Gasteiger partial charge on any atom is 0.290 e. The third-order valence-corrected chi connectivity index (χ3v) is 10.6. The summed E-state index contributed by atoms with van der Waals surface area (Å²) >= 11 is 0. The van der Waals surface area contributed by atoms with E-state index >= 15 is 4.39 Å². The zero-order valence-corrected chi connectivity index (χ0v) is 27.0. The fourth-order valence-electron chi connectivity index (χ4n) is 7.90. The molecule has 252 valence electrons. The first-order chi connectivity index (χ1) is 23.4. The van der Waals surface area contributed by atoms with Crippen molar-refractivity contribution in [3.63, 3.8) is 0 Å². The molecule has 7 heterocycles. The minimum atomic E-state index is -0.437. The van der Waals surface area contributed by atoms with Crippen molar-refractivity contribution in [2.24, 2.45) is 13.0 Å². The van der Waals surface area contributed by atoms with Crippen molar-refractivity contribution in [2.45, 2.75) is 44.4 Å². The van der Waals surface area contributed by atoms with E-state index in [-0.39, 0.29) is 40.5 Å². The van der Waals surface area contributed by atoms with Crippen LogP contribution in [0.3, 0.4) is 0 Å². The molecule has 0 aromatic carbocycles. The number of carbonyl (C=O) groups excluding carboxylic acids is 1. The van der Waals surface area contributed by atoms with E-state index in [1.165, 1.54) is 9.58 Å². The minimum absolute atomic E-state index is 0.0335. The molecule has 2 unspecified atom stereocenters. The maximum atomic E-state index is 15.6. The Bertz CT molecular complexity index is 1800. The van der Waals surface area contributed by atoms with Gasteiger partial charge in [0.05, 0.1) is 43.4 Å². The third kappa shape index (κ3) is 5.31. The largest absolute Gasteiger partial charge is 0.392 e. The molecule has 3 saturated heterocycles. The van der Waals surface area contributed by atoms with E-state index in [4.69, 9.17) is 4.74 Å².